The van der Waals surface area contributed by atoms with Gasteiger partial charge in [0.05, 0.1) is 5.69 Å². The number of hydrogen-bond acceptors (Lipinski definition) is 4. The van der Waals surface area contributed by atoms with Gasteiger partial charge in [-0.15, -0.1) is 0 Å². The lowest BCUT2D eigenvalue weighted by molar-refractivity contribution is 0.379. The number of para-hydroxylation sites is 1. The maximum Gasteiger partial charge on any atom is 0.191 e. The maximum absolute atomic E-state index is 14.0. The van der Waals surface area contributed by atoms with Gasteiger partial charge in [-0.25, -0.2) is 13.8 Å². The Morgan fingerprint density at radius 3 is 2.78 bits per heavy atom. The number of rotatable bonds is 6. The van der Waals surface area contributed by atoms with Crippen molar-refractivity contribution in [2.75, 3.05) is 24.5 Å². The Balaban J connectivity index is 1.62. The number of nitrogens with one attached hydrogen (secondary N) is 2. The van der Waals surface area contributed by atoms with Gasteiger partial charge in [-0.2, -0.15) is 0 Å². The van der Waals surface area contributed by atoms with E-state index in [2.05, 4.69) is 20.8 Å². The molecule has 1 atom stereocenters. The van der Waals surface area contributed by atoms with Crippen LogP contribution in [0.1, 0.15) is 31.7 Å². The standard InChI is InChI=1S/C19H25F2N5O/c1-3-13-10-15(27-25-13)11-23-19(22-4-2)24-14-8-9-26(12-14)18-16(20)6-5-7-17(18)21/h5-7,10,14H,3-4,8-9,11-12H2,1-2H3,(H2,22,23,24). The first-order chi connectivity index (χ1) is 13.1. The number of aromatic nitrogens is 1. The molecule has 1 aliphatic rings. The second-order valence-corrected chi connectivity index (χ2v) is 6.48. The molecule has 6 nitrogen and oxygen atoms in total. The van der Waals surface area contributed by atoms with Crippen molar-refractivity contribution in [1.29, 1.82) is 0 Å². The van der Waals surface area contributed by atoms with E-state index in [1.54, 1.807) is 4.90 Å². The monoisotopic (exact) mass is 377 g/mol. The van der Waals surface area contributed by atoms with E-state index >= 15 is 0 Å². The van der Waals surface area contributed by atoms with Crippen molar-refractivity contribution in [2.45, 2.75) is 39.3 Å². The van der Waals surface area contributed by atoms with Gasteiger partial charge in [-0.3, -0.25) is 0 Å². The van der Waals surface area contributed by atoms with Gasteiger partial charge in [0, 0.05) is 31.7 Å². The minimum absolute atomic E-state index is 0.0393. The maximum atomic E-state index is 14.0. The van der Waals surface area contributed by atoms with Gasteiger partial charge in [0.25, 0.3) is 0 Å². The first kappa shape index (κ1) is 19.1. The van der Waals surface area contributed by atoms with Gasteiger partial charge < -0.3 is 20.1 Å². The van der Waals surface area contributed by atoms with Crippen LogP contribution >= 0.6 is 0 Å². The summed E-state index contributed by atoms with van der Waals surface area (Å²) in [5.74, 6) is 0.278. The van der Waals surface area contributed by atoms with Crippen molar-refractivity contribution >= 4 is 11.6 Å². The van der Waals surface area contributed by atoms with Crippen LogP contribution in [0, 0.1) is 11.6 Å². The summed E-state index contributed by atoms with van der Waals surface area (Å²) in [4.78, 5) is 6.25. The zero-order valence-electron chi connectivity index (χ0n) is 15.6. The smallest absolute Gasteiger partial charge is 0.191 e. The van der Waals surface area contributed by atoms with E-state index in [-0.39, 0.29) is 11.7 Å². The first-order valence-electron chi connectivity index (χ1n) is 9.29. The highest BCUT2D eigenvalue weighted by Crippen LogP contribution is 2.26. The molecule has 0 spiro atoms. The van der Waals surface area contributed by atoms with E-state index in [0.717, 1.165) is 18.5 Å². The minimum Gasteiger partial charge on any atom is -0.365 e. The van der Waals surface area contributed by atoms with Crippen molar-refractivity contribution in [3.8, 4) is 0 Å². The second-order valence-electron chi connectivity index (χ2n) is 6.48. The predicted molar refractivity (Wildman–Crippen MR) is 101 cm³/mol. The summed E-state index contributed by atoms with van der Waals surface area (Å²) in [7, 11) is 0. The number of nitrogens with zero attached hydrogens (tertiary/aromatic N) is 3. The number of benzene rings is 1. The fourth-order valence-electron chi connectivity index (χ4n) is 3.14. The third kappa shape index (κ3) is 4.75. The van der Waals surface area contributed by atoms with Gasteiger partial charge in [0.1, 0.15) is 23.9 Å². The van der Waals surface area contributed by atoms with Crippen molar-refractivity contribution in [3.63, 3.8) is 0 Å². The molecule has 0 bridgehead atoms. The molecule has 0 saturated carbocycles. The summed E-state index contributed by atoms with van der Waals surface area (Å²) in [6.45, 7) is 6.17. The van der Waals surface area contributed by atoms with E-state index in [4.69, 9.17) is 4.52 Å². The molecule has 1 aromatic heterocycles. The Hall–Kier alpha value is -2.64. The molecule has 1 fully saturated rings. The fourth-order valence-corrected chi connectivity index (χ4v) is 3.14. The molecule has 2 heterocycles. The quantitative estimate of drug-likeness (QED) is 0.599. The van der Waals surface area contributed by atoms with Gasteiger partial charge in [-0.05, 0) is 31.9 Å². The van der Waals surface area contributed by atoms with Crippen molar-refractivity contribution < 1.29 is 13.3 Å². The van der Waals surface area contributed by atoms with Crippen molar-refractivity contribution in [2.24, 2.45) is 4.99 Å². The molecule has 0 amide bonds. The normalized spacial score (nSPS) is 17.4. The number of anilines is 1. The van der Waals surface area contributed by atoms with Crippen LogP contribution in [0.25, 0.3) is 0 Å². The third-order valence-corrected chi connectivity index (χ3v) is 4.49. The van der Waals surface area contributed by atoms with Gasteiger partial charge in [0.15, 0.2) is 11.7 Å². The lowest BCUT2D eigenvalue weighted by atomic mass is 10.2. The molecule has 0 aliphatic carbocycles. The molecule has 1 unspecified atom stereocenters. The molecule has 2 N–H and O–H groups in total. The first-order valence-corrected chi connectivity index (χ1v) is 9.29. The molecule has 27 heavy (non-hydrogen) atoms. The minimum atomic E-state index is -0.534. The largest absolute Gasteiger partial charge is 0.365 e. The highest BCUT2D eigenvalue weighted by Gasteiger charge is 2.27. The van der Waals surface area contributed by atoms with Crippen molar-refractivity contribution in [1.82, 2.24) is 15.8 Å². The van der Waals surface area contributed by atoms with E-state index in [0.29, 0.717) is 37.9 Å². The van der Waals surface area contributed by atoms with Crippen molar-refractivity contribution in [3.05, 3.63) is 47.4 Å². The lowest BCUT2D eigenvalue weighted by Gasteiger charge is -2.21. The van der Waals surface area contributed by atoms with Gasteiger partial charge in [-0.1, -0.05) is 18.1 Å². The third-order valence-electron chi connectivity index (χ3n) is 4.49. The average Bonchev–Trinajstić information content (AvgIpc) is 3.29. The fraction of sp³-hybridized carbons (Fsp3) is 0.474. The molecule has 1 aliphatic heterocycles. The Morgan fingerprint density at radius 1 is 1.33 bits per heavy atom. The average molecular weight is 377 g/mol. The van der Waals surface area contributed by atoms with Crippen LogP contribution < -0.4 is 15.5 Å². The number of hydrogen-bond donors (Lipinski definition) is 2. The summed E-state index contributed by atoms with van der Waals surface area (Å²) in [5, 5.41) is 10.5. The molecule has 1 aromatic carbocycles. The van der Waals surface area contributed by atoms with E-state index in [1.165, 1.54) is 18.2 Å². The van der Waals surface area contributed by atoms with Gasteiger partial charge in [0.2, 0.25) is 0 Å². The SMILES string of the molecule is CCNC(=NCc1cc(CC)no1)NC1CCN(c2c(F)cccc2F)C1. The highest BCUT2D eigenvalue weighted by molar-refractivity contribution is 5.80. The van der Waals surface area contributed by atoms with Gasteiger partial charge >= 0.3 is 0 Å². The zero-order chi connectivity index (χ0) is 19.2. The number of aryl methyl sites for hydroxylation is 1. The van der Waals surface area contributed by atoms with E-state index in [1.807, 2.05) is 19.9 Å². The Labute approximate surface area is 157 Å². The lowest BCUT2D eigenvalue weighted by Crippen LogP contribution is -2.44. The van der Waals surface area contributed by atoms with Crippen LogP contribution in [-0.2, 0) is 13.0 Å². The molecule has 3 rings (SSSR count). The Morgan fingerprint density at radius 2 is 2.11 bits per heavy atom. The summed E-state index contributed by atoms with van der Waals surface area (Å²) in [5.41, 5.74) is 0.939. The summed E-state index contributed by atoms with van der Waals surface area (Å²) in [6, 6.07) is 5.89. The molecular formula is C19H25F2N5O. The molecular weight excluding hydrogens is 352 g/mol. The molecule has 2 aromatic rings. The number of guanidine groups is 1. The van der Waals surface area contributed by atoms with E-state index < -0.39 is 11.6 Å². The van der Waals surface area contributed by atoms with Crippen LogP contribution in [0.15, 0.2) is 33.8 Å². The number of aliphatic imine (C=N–C) groups is 1. The zero-order valence-corrected chi connectivity index (χ0v) is 15.6. The van der Waals surface area contributed by atoms with Crippen LogP contribution in [0.4, 0.5) is 14.5 Å². The van der Waals surface area contributed by atoms with Crippen LogP contribution in [-0.4, -0.2) is 36.8 Å². The van der Waals surface area contributed by atoms with Crippen LogP contribution in [0.3, 0.4) is 0 Å². The Kier molecular flexibility index (Phi) is 6.26. The molecule has 146 valence electrons. The number of halogens is 2. The highest BCUT2D eigenvalue weighted by atomic mass is 19.1. The Bertz CT molecular complexity index is 772. The van der Waals surface area contributed by atoms with Crippen LogP contribution in [0.5, 0.6) is 0 Å². The molecule has 1 saturated heterocycles. The van der Waals surface area contributed by atoms with Crippen LogP contribution in [0.2, 0.25) is 0 Å². The second kappa shape index (κ2) is 8.83. The molecule has 8 heteroatoms. The van der Waals surface area contributed by atoms with E-state index in [9.17, 15) is 8.78 Å². The molecule has 0 radical (unpaired) electrons. The summed E-state index contributed by atoms with van der Waals surface area (Å²) >= 11 is 0. The topological polar surface area (TPSA) is 65.7 Å². The summed E-state index contributed by atoms with van der Waals surface area (Å²) < 4.78 is 33.2. The summed E-state index contributed by atoms with van der Waals surface area (Å²) in [6.07, 6.45) is 1.58. The predicted octanol–water partition coefficient (Wildman–Crippen LogP) is 2.85.